The normalized spacial score (nSPS) is 25.2. The van der Waals surface area contributed by atoms with Gasteiger partial charge >= 0.3 is 6.01 Å². The molecule has 1 fully saturated rings. The number of aromatic nitrogens is 3. The van der Waals surface area contributed by atoms with Crippen LogP contribution in [0.25, 0.3) is 5.69 Å². The molecule has 106 valence electrons. The molecule has 6 heteroatoms. The molecule has 0 spiro atoms. The van der Waals surface area contributed by atoms with Crippen LogP contribution >= 0.6 is 11.6 Å². The highest BCUT2D eigenvalue weighted by Gasteiger charge is 2.43. The van der Waals surface area contributed by atoms with Crippen molar-refractivity contribution in [3.05, 3.63) is 36.7 Å². The molecule has 1 aromatic carbocycles. The van der Waals surface area contributed by atoms with E-state index in [1.54, 1.807) is 11.0 Å². The summed E-state index contributed by atoms with van der Waals surface area (Å²) < 4.78 is 13.0. The third-order valence-corrected chi connectivity index (χ3v) is 3.71. The lowest BCUT2D eigenvalue weighted by molar-refractivity contribution is -0.0789. The predicted octanol–water partition coefficient (Wildman–Crippen LogP) is 2.43. The second-order valence-corrected chi connectivity index (χ2v) is 5.20. The lowest BCUT2D eigenvalue weighted by Crippen LogP contribution is -2.52. The molecule has 0 radical (unpaired) electrons. The first-order chi connectivity index (χ1) is 9.78. The average Bonchev–Trinajstić information content (AvgIpc) is 2.94. The van der Waals surface area contributed by atoms with Crippen LogP contribution in [0.2, 0.25) is 0 Å². The molecule has 2 aromatic rings. The summed E-state index contributed by atoms with van der Waals surface area (Å²) in [6.07, 6.45) is 2.25. The van der Waals surface area contributed by atoms with Gasteiger partial charge in [-0.15, -0.1) is 16.7 Å². The van der Waals surface area contributed by atoms with E-state index in [-0.39, 0.29) is 17.6 Å². The first kappa shape index (κ1) is 13.4. The van der Waals surface area contributed by atoms with Crippen molar-refractivity contribution in [1.29, 1.82) is 0 Å². The molecule has 20 heavy (non-hydrogen) atoms. The van der Waals surface area contributed by atoms with Crippen LogP contribution in [0.15, 0.2) is 36.7 Å². The van der Waals surface area contributed by atoms with Crippen molar-refractivity contribution >= 4 is 11.6 Å². The summed E-state index contributed by atoms with van der Waals surface area (Å²) in [7, 11) is 0. The zero-order chi connectivity index (χ0) is 13.9. The molecule has 5 nitrogen and oxygen atoms in total. The van der Waals surface area contributed by atoms with Crippen molar-refractivity contribution in [2.45, 2.75) is 30.9 Å². The van der Waals surface area contributed by atoms with Gasteiger partial charge in [-0.2, -0.15) is 4.98 Å². The van der Waals surface area contributed by atoms with Crippen LogP contribution < -0.4 is 4.74 Å². The monoisotopic (exact) mass is 293 g/mol. The van der Waals surface area contributed by atoms with E-state index in [1.165, 1.54) is 0 Å². The lowest BCUT2D eigenvalue weighted by atomic mass is 9.91. The van der Waals surface area contributed by atoms with Crippen LogP contribution in [0.5, 0.6) is 6.01 Å². The Hall–Kier alpha value is -1.59. The SMILES string of the molecule is CCOC1C(Cl)CC1Oc1ncn(-c2ccccc2)n1. The number of para-hydroxylation sites is 1. The molecule has 0 bridgehead atoms. The molecule has 3 atom stereocenters. The second kappa shape index (κ2) is 5.81. The van der Waals surface area contributed by atoms with E-state index in [9.17, 15) is 0 Å². The number of hydrogen-bond donors (Lipinski definition) is 0. The van der Waals surface area contributed by atoms with Gasteiger partial charge in [0.2, 0.25) is 0 Å². The lowest BCUT2D eigenvalue weighted by Gasteiger charge is -2.39. The fourth-order valence-electron chi connectivity index (χ4n) is 2.19. The molecule has 1 heterocycles. The average molecular weight is 294 g/mol. The van der Waals surface area contributed by atoms with E-state index in [2.05, 4.69) is 10.1 Å². The van der Waals surface area contributed by atoms with Crippen LogP contribution in [0, 0.1) is 0 Å². The topological polar surface area (TPSA) is 49.2 Å². The molecular weight excluding hydrogens is 278 g/mol. The van der Waals surface area contributed by atoms with Crippen molar-refractivity contribution in [1.82, 2.24) is 14.8 Å². The minimum atomic E-state index is -0.0784. The van der Waals surface area contributed by atoms with Gasteiger partial charge in [0.1, 0.15) is 18.5 Å². The van der Waals surface area contributed by atoms with E-state index >= 15 is 0 Å². The Morgan fingerprint density at radius 1 is 1.35 bits per heavy atom. The van der Waals surface area contributed by atoms with Crippen molar-refractivity contribution in [3.63, 3.8) is 0 Å². The molecule has 1 aromatic heterocycles. The molecule has 0 saturated heterocycles. The third kappa shape index (κ3) is 2.64. The summed E-state index contributed by atoms with van der Waals surface area (Å²) >= 11 is 6.10. The van der Waals surface area contributed by atoms with Gasteiger partial charge in [-0.3, -0.25) is 0 Å². The highest BCUT2D eigenvalue weighted by Crippen LogP contribution is 2.32. The first-order valence-corrected chi connectivity index (χ1v) is 7.11. The van der Waals surface area contributed by atoms with Crippen LogP contribution in [0.4, 0.5) is 0 Å². The Kier molecular flexibility index (Phi) is 3.89. The van der Waals surface area contributed by atoms with E-state index in [0.717, 1.165) is 12.1 Å². The predicted molar refractivity (Wildman–Crippen MR) is 75.4 cm³/mol. The molecule has 0 aliphatic heterocycles. The largest absolute Gasteiger partial charge is 0.456 e. The van der Waals surface area contributed by atoms with Crippen molar-refractivity contribution in [2.75, 3.05) is 6.61 Å². The van der Waals surface area contributed by atoms with Gasteiger partial charge in [-0.1, -0.05) is 18.2 Å². The highest BCUT2D eigenvalue weighted by molar-refractivity contribution is 6.21. The Balaban J connectivity index is 1.66. The number of alkyl halides is 1. The van der Waals surface area contributed by atoms with Gasteiger partial charge in [-0.25, -0.2) is 4.68 Å². The van der Waals surface area contributed by atoms with Gasteiger partial charge in [-0.05, 0) is 19.1 Å². The van der Waals surface area contributed by atoms with E-state index in [1.807, 2.05) is 37.3 Å². The molecule has 1 saturated carbocycles. The van der Waals surface area contributed by atoms with Crippen LogP contribution in [0.3, 0.4) is 0 Å². The number of rotatable bonds is 5. The fraction of sp³-hybridized carbons (Fsp3) is 0.429. The maximum atomic E-state index is 6.10. The van der Waals surface area contributed by atoms with Gasteiger partial charge in [0.25, 0.3) is 0 Å². The Morgan fingerprint density at radius 2 is 2.15 bits per heavy atom. The van der Waals surface area contributed by atoms with E-state index < -0.39 is 0 Å². The first-order valence-electron chi connectivity index (χ1n) is 6.67. The second-order valence-electron chi connectivity index (χ2n) is 4.64. The van der Waals surface area contributed by atoms with Crippen LogP contribution in [-0.4, -0.2) is 39.0 Å². The Labute approximate surface area is 122 Å². The number of ether oxygens (including phenoxy) is 2. The smallest absolute Gasteiger partial charge is 0.336 e. The van der Waals surface area contributed by atoms with Crippen LogP contribution in [-0.2, 0) is 4.74 Å². The number of nitrogens with zero attached hydrogens (tertiary/aromatic N) is 3. The molecule has 0 amide bonds. The molecule has 3 rings (SSSR count). The fourth-order valence-corrected chi connectivity index (χ4v) is 2.60. The number of benzene rings is 1. The number of hydrogen-bond acceptors (Lipinski definition) is 4. The van der Waals surface area contributed by atoms with Gasteiger partial charge < -0.3 is 9.47 Å². The van der Waals surface area contributed by atoms with Gasteiger partial charge in [0.15, 0.2) is 0 Å². The van der Waals surface area contributed by atoms with Crippen molar-refractivity contribution in [2.24, 2.45) is 0 Å². The van der Waals surface area contributed by atoms with Gasteiger partial charge in [0, 0.05) is 13.0 Å². The number of halogens is 1. The summed E-state index contributed by atoms with van der Waals surface area (Å²) in [6, 6.07) is 10.1. The van der Waals surface area contributed by atoms with Crippen LogP contribution in [0.1, 0.15) is 13.3 Å². The summed E-state index contributed by atoms with van der Waals surface area (Å²) in [4.78, 5) is 4.16. The molecular formula is C14H16ClN3O2. The highest BCUT2D eigenvalue weighted by atomic mass is 35.5. The molecule has 1 aliphatic rings. The molecule has 1 aliphatic carbocycles. The Morgan fingerprint density at radius 3 is 2.85 bits per heavy atom. The zero-order valence-electron chi connectivity index (χ0n) is 11.1. The summed E-state index contributed by atoms with van der Waals surface area (Å²) in [5.41, 5.74) is 0.944. The third-order valence-electron chi connectivity index (χ3n) is 3.29. The molecule has 3 unspecified atom stereocenters. The minimum Gasteiger partial charge on any atom is -0.456 e. The van der Waals surface area contributed by atoms with E-state index in [4.69, 9.17) is 21.1 Å². The quantitative estimate of drug-likeness (QED) is 0.795. The minimum absolute atomic E-state index is 0.0103. The Bertz CT molecular complexity index is 561. The summed E-state index contributed by atoms with van der Waals surface area (Å²) in [5, 5.41) is 4.32. The summed E-state index contributed by atoms with van der Waals surface area (Å²) in [6.45, 7) is 2.57. The van der Waals surface area contributed by atoms with Crippen molar-refractivity contribution in [3.8, 4) is 11.7 Å². The van der Waals surface area contributed by atoms with Gasteiger partial charge in [0.05, 0.1) is 11.1 Å². The maximum Gasteiger partial charge on any atom is 0.336 e. The maximum absolute atomic E-state index is 6.10. The standard InChI is InChI=1S/C14H16ClN3O2/c1-2-19-13-11(15)8-12(13)20-14-16-9-18(17-14)10-6-4-3-5-7-10/h3-7,9,11-13H,2,8H2,1H3. The van der Waals surface area contributed by atoms with E-state index in [0.29, 0.717) is 12.6 Å². The van der Waals surface area contributed by atoms with Crippen molar-refractivity contribution < 1.29 is 9.47 Å². The molecule has 0 N–H and O–H groups in total. The summed E-state index contributed by atoms with van der Waals surface area (Å²) in [5.74, 6) is 0. The zero-order valence-corrected chi connectivity index (χ0v) is 11.9.